The molecular weight excluding hydrogens is 352 g/mol. The van der Waals surface area contributed by atoms with Gasteiger partial charge in [-0.1, -0.05) is 0 Å². The predicted octanol–water partition coefficient (Wildman–Crippen LogP) is 3.96. The molecule has 0 spiro atoms. The summed E-state index contributed by atoms with van der Waals surface area (Å²) in [6, 6.07) is 2.09. The Morgan fingerprint density at radius 1 is 1.31 bits per heavy atom. The molecular formula is C16H16F4N6. The molecule has 0 amide bonds. The smallest absolute Gasteiger partial charge is 0.321 e. The minimum Gasteiger partial charge on any atom is -0.321 e. The number of halogens is 4. The van der Waals surface area contributed by atoms with Crippen LogP contribution in [0.15, 0.2) is 12.4 Å². The first-order valence-corrected chi connectivity index (χ1v) is 7.85. The second-order valence-corrected chi connectivity index (χ2v) is 6.79. The van der Waals surface area contributed by atoms with Gasteiger partial charge in [-0.25, -0.2) is 14.4 Å². The van der Waals surface area contributed by atoms with E-state index in [0.29, 0.717) is 17.6 Å². The molecule has 3 rings (SSSR count). The molecule has 26 heavy (non-hydrogen) atoms. The van der Waals surface area contributed by atoms with Crippen LogP contribution >= 0.6 is 0 Å². The molecule has 6 nitrogen and oxygen atoms in total. The van der Waals surface area contributed by atoms with Crippen LogP contribution in [0.2, 0.25) is 0 Å². The minimum atomic E-state index is -4.73. The number of aromatic nitrogens is 4. The van der Waals surface area contributed by atoms with Crippen molar-refractivity contribution in [3.63, 3.8) is 0 Å². The van der Waals surface area contributed by atoms with Crippen molar-refractivity contribution in [3.8, 4) is 6.07 Å². The molecule has 10 heteroatoms. The summed E-state index contributed by atoms with van der Waals surface area (Å²) in [6.07, 6.45) is -2.61. The highest BCUT2D eigenvalue weighted by Crippen LogP contribution is 2.52. The molecule has 0 unspecified atom stereocenters. The van der Waals surface area contributed by atoms with E-state index in [4.69, 9.17) is 0 Å². The Kier molecular flexibility index (Phi) is 3.94. The van der Waals surface area contributed by atoms with Crippen LogP contribution in [0.25, 0.3) is 0 Å². The lowest BCUT2D eigenvalue weighted by molar-refractivity contribution is -0.139. The molecule has 1 N–H and O–H groups in total. The molecule has 0 aliphatic heterocycles. The summed E-state index contributed by atoms with van der Waals surface area (Å²) in [5.74, 6) is -0.158. The largest absolute Gasteiger partial charge is 0.419 e. The van der Waals surface area contributed by atoms with Crippen molar-refractivity contribution in [1.82, 2.24) is 19.7 Å². The molecule has 2 heterocycles. The zero-order valence-electron chi connectivity index (χ0n) is 14.3. The first kappa shape index (κ1) is 18.1. The number of aryl methyl sites for hydroxylation is 1. The Morgan fingerprint density at radius 2 is 1.96 bits per heavy atom. The summed E-state index contributed by atoms with van der Waals surface area (Å²) in [5, 5.41) is 16.1. The lowest BCUT2D eigenvalue weighted by atomic mass is 10.1. The summed E-state index contributed by atoms with van der Waals surface area (Å²) in [7, 11) is 0. The van der Waals surface area contributed by atoms with Crippen LogP contribution in [-0.2, 0) is 17.4 Å². The maximum absolute atomic E-state index is 14.4. The van der Waals surface area contributed by atoms with Gasteiger partial charge in [0.15, 0.2) is 5.67 Å². The first-order chi connectivity index (χ1) is 12.0. The zero-order valence-corrected chi connectivity index (χ0v) is 14.3. The van der Waals surface area contributed by atoms with Crippen molar-refractivity contribution >= 4 is 11.6 Å². The van der Waals surface area contributed by atoms with Crippen LogP contribution in [0.1, 0.15) is 43.6 Å². The number of anilines is 2. The van der Waals surface area contributed by atoms with E-state index in [-0.39, 0.29) is 18.8 Å². The summed E-state index contributed by atoms with van der Waals surface area (Å²) < 4.78 is 55.1. The topological polar surface area (TPSA) is 79.4 Å². The Hall–Kier alpha value is -2.70. The van der Waals surface area contributed by atoms with Gasteiger partial charge in [-0.2, -0.15) is 23.5 Å². The third kappa shape index (κ3) is 3.21. The van der Waals surface area contributed by atoms with Gasteiger partial charge < -0.3 is 5.32 Å². The van der Waals surface area contributed by atoms with E-state index in [0.717, 1.165) is 0 Å². The van der Waals surface area contributed by atoms with Gasteiger partial charge in [-0.3, -0.25) is 4.68 Å². The van der Waals surface area contributed by atoms with Crippen LogP contribution in [0.3, 0.4) is 0 Å². The molecule has 2 aromatic heterocycles. The minimum absolute atomic E-state index is 0.000146. The highest BCUT2D eigenvalue weighted by atomic mass is 19.4. The van der Waals surface area contributed by atoms with Crippen LogP contribution in [-0.4, -0.2) is 19.7 Å². The number of nitriles is 1. The highest BCUT2D eigenvalue weighted by molar-refractivity contribution is 5.55. The summed E-state index contributed by atoms with van der Waals surface area (Å²) in [4.78, 5) is 7.45. The van der Waals surface area contributed by atoms with E-state index in [1.807, 2.05) is 0 Å². The molecule has 1 fully saturated rings. The average molecular weight is 368 g/mol. The van der Waals surface area contributed by atoms with Gasteiger partial charge >= 0.3 is 6.18 Å². The van der Waals surface area contributed by atoms with Crippen molar-refractivity contribution in [2.75, 3.05) is 5.32 Å². The fraction of sp³-hybridized carbons (Fsp3) is 0.500. The summed E-state index contributed by atoms with van der Waals surface area (Å²) >= 11 is 0. The molecule has 1 aliphatic rings. The van der Waals surface area contributed by atoms with Crippen molar-refractivity contribution in [1.29, 1.82) is 5.26 Å². The third-order valence-electron chi connectivity index (χ3n) is 4.20. The van der Waals surface area contributed by atoms with Gasteiger partial charge in [-0.15, -0.1) is 0 Å². The normalized spacial score (nSPS) is 16.2. The SMILES string of the molecule is Cc1nn(C(C)(C)C#N)cc1Nc1ncc(C(F)(F)F)c(C2(F)CC2)n1. The maximum atomic E-state index is 14.4. The molecule has 0 saturated heterocycles. The van der Waals surface area contributed by atoms with Crippen molar-refractivity contribution < 1.29 is 17.6 Å². The van der Waals surface area contributed by atoms with Gasteiger partial charge in [0.1, 0.15) is 5.54 Å². The van der Waals surface area contributed by atoms with Crippen molar-refractivity contribution in [2.24, 2.45) is 0 Å². The molecule has 1 aliphatic carbocycles. The Morgan fingerprint density at radius 3 is 2.50 bits per heavy atom. The van der Waals surface area contributed by atoms with Crippen LogP contribution in [0, 0.1) is 18.3 Å². The second-order valence-electron chi connectivity index (χ2n) is 6.79. The van der Waals surface area contributed by atoms with E-state index in [9.17, 15) is 22.8 Å². The van der Waals surface area contributed by atoms with Crippen LogP contribution in [0.5, 0.6) is 0 Å². The number of nitrogens with zero attached hydrogens (tertiary/aromatic N) is 5. The molecule has 0 atom stereocenters. The van der Waals surface area contributed by atoms with Gasteiger partial charge in [0, 0.05) is 6.20 Å². The average Bonchev–Trinajstić information content (AvgIpc) is 3.20. The predicted molar refractivity (Wildman–Crippen MR) is 84.2 cm³/mol. The molecule has 0 aromatic carbocycles. The lowest BCUT2D eigenvalue weighted by Crippen LogP contribution is -2.24. The second kappa shape index (κ2) is 5.65. The van der Waals surface area contributed by atoms with E-state index in [1.165, 1.54) is 10.9 Å². The van der Waals surface area contributed by atoms with Crippen LogP contribution in [0.4, 0.5) is 29.2 Å². The Labute approximate surface area is 146 Å². The zero-order chi connectivity index (χ0) is 19.3. The standard InChI is InChI=1S/C16H16F4N6/c1-9-11(7-26(25-9)14(2,3)8-21)23-13-22-6-10(16(18,19)20)12(24-13)15(17)4-5-15/h6-7H,4-5H2,1-3H3,(H,22,23,24). The van der Waals surface area contributed by atoms with Gasteiger partial charge in [0.2, 0.25) is 5.95 Å². The number of hydrogen-bond donors (Lipinski definition) is 1. The number of rotatable bonds is 4. The van der Waals surface area contributed by atoms with Crippen molar-refractivity contribution in [2.45, 2.75) is 51.0 Å². The van der Waals surface area contributed by atoms with Gasteiger partial charge in [0.25, 0.3) is 0 Å². The van der Waals surface area contributed by atoms with Crippen LogP contribution < -0.4 is 5.32 Å². The van der Waals surface area contributed by atoms with E-state index in [2.05, 4.69) is 26.5 Å². The Bertz CT molecular complexity index is 889. The number of nitrogens with one attached hydrogen (secondary N) is 1. The van der Waals surface area contributed by atoms with Gasteiger partial charge in [-0.05, 0) is 33.6 Å². The van der Waals surface area contributed by atoms with Gasteiger partial charge in [0.05, 0.1) is 34.9 Å². The fourth-order valence-electron chi connectivity index (χ4n) is 2.38. The molecule has 0 bridgehead atoms. The maximum Gasteiger partial charge on any atom is 0.419 e. The number of alkyl halides is 4. The monoisotopic (exact) mass is 368 g/mol. The summed E-state index contributed by atoms with van der Waals surface area (Å²) in [5.41, 5.74) is -3.87. The first-order valence-electron chi connectivity index (χ1n) is 7.85. The van der Waals surface area contributed by atoms with E-state index < -0.39 is 28.6 Å². The quantitative estimate of drug-likeness (QED) is 0.827. The molecule has 1 saturated carbocycles. The lowest BCUT2D eigenvalue weighted by Gasteiger charge is -2.16. The van der Waals surface area contributed by atoms with E-state index in [1.54, 1.807) is 20.8 Å². The fourth-order valence-corrected chi connectivity index (χ4v) is 2.38. The summed E-state index contributed by atoms with van der Waals surface area (Å²) in [6.45, 7) is 4.99. The third-order valence-corrected chi connectivity index (χ3v) is 4.20. The Balaban J connectivity index is 1.96. The highest BCUT2D eigenvalue weighted by Gasteiger charge is 2.52. The molecule has 2 aromatic rings. The molecule has 0 radical (unpaired) electrons. The van der Waals surface area contributed by atoms with Crippen molar-refractivity contribution in [3.05, 3.63) is 29.3 Å². The number of hydrogen-bond acceptors (Lipinski definition) is 5. The van der Waals surface area contributed by atoms with E-state index >= 15 is 0 Å². The molecule has 138 valence electrons.